The van der Waals surface area contributed by atoms with Crippen LogP contribution in [0.5, 0.6) is 0 Å². The van der Waals surface area contributed by atoms with Crippen molar-refractivity contribution in [1.29, 1.82) is 0 Å². The smallest absolute Gasteiger partial charge is 0.407 e. The zero-order valence-corrected chi connectivity index (χ0v) is 31.7. The van der Waals surface area contributed by atoms with Crippen molar-refractivity contribution in [3.05, 3.63) is 0 Å². The van der Waals surface area contributed by atoms with Gasteiger partial charge in [0.25, 0.3) is 0 Å². The zero-order chi connectivity index (χ0) is 33.7. The second kappa shape index (κ2) is 29.4. The molecule has 0 atom stereocenters. The van der Waals surface area contributed by atoms with Crippen molar-refractivity contribution in [3.63, 3.8) is 0 Å². The summed E-state index contributed by atoms with van der Waals surface area (Å²) in [7, 11) is -1.58. The maximum atomic E-state index is 12.1. The number of hydrogen-bond donors (Lipinski definition) is 4. The molecule has 7 N–H and O–H groups in total. The fourth-order valence-electron chi connectivity index (χ4n) is 5.16. The molecular weight excluding hydrogens is 581 g/mol. The molecule has 0 aromatic heterocycles. The predicted octanol–water partition coefficient (Wildman–Crippen LogP) is 6.46. The quantitative estimate of drug-likeness (QED) is 0.0479. The van der Waals surface area contributed by atoms with Gasteiger partial charge in [0, 0.05) is 13.2 Å². The summed E-state index contributed by atoms with van der Waals surface area (Å²) in [6, 6.07) is 0. The minimum Gasteiger partial charge on any atom is -0.450 e. The molecule has 10 heteroatoms. The number of rotatable bonds is 32. The molecule has 0 rings (SSSR count). The first-order chi connectivity index (χ1) is 21.6. The fraction of sp³-hybridized carbons (Fsp3) is 0.971. The van der Waals surface area contributed by atoms with Gasteiger partial charge in [-0.2, -0.15) is 0 Å². The molecule has 0 aromatic carbocycles. The lowest BCUT2D eigenvalue weighted by Gasteiger charge is -2.36. The van der Waals surface area contributed by atoms with E-state index in [1.807, 2.05) is 0 Å². The van der Waals surface area contributed by atoms with Gasteiger partial charge in [0.15, 0.2) is 8.32 Å². The molecule has 0 aliphatic heterocycles. The molecule has 9 nitrogen and oxygen atoms in total. The molecular formula is C35H78N6O3Si. The number of carbonyl (C=O) groups excluding carboxylic acids is 1. The number of ether oxygens (including phenoxy) is 1. The van der Waals surface area contributed by atoms with Gasteiger partial charge < -0.3 is 41.5 Å². The van der Waals surface area contributed by atoms with Crippen LogP contribution in [0.3, 0.4) is 0 Å². The summed E-state index contributed by atoms with van der Waals surface area (Å²) in [5.74, 6) is 0. The Kier molecular flexibility index (Phi) is 28.9. The summed E-state index contributed by atoms with van der Waals surface area (Å²) in [4.78, 5) is 17.1. The van der Waals surface area contributed by atoms with E-state index in [1.165, 1.54) is 57.8 Å². The summed E-state index contributed by atoms with van der Waals surface area (Å²) in [6.07, 6.45) is 18.4. The Bertz CT molecular complexity index is 658. The summed E-state index contributed by atoms with van der Waals surface area (Å²) in [5.41, 5.74) is 17.2. The number of alkyl carbamates (subject to hydrolysis) is 1. The highest BCUT2D eigenvalue weighted by atomic mass is 28.4. The Morgan fingerprint density at radius 2 is 0.956 bits per heavy atom. The first-order valence-corrected chi connectivity index (χ1v) is 21.6. The van der Waals surface area contributed by atoms with Gasteiger partial charge in [-0.25, -0.2) is 4.79 Å². The average molecular weight is 659 g/mol. The predicted molar refractivity (Wildman–Crippen MR) is 196 cm³/mol. The van der Waals surface area contributed by atoms with E-state index >= 15 is 0 Å². The van der Waals surface area contributed by atoms with Gasteiger partial charge in [0.2, 0.25) is 0 Å². The molecule has 0 aliphatic rings. The molecule has 0 heterocycles. The van der Waals surface area contributed by atoms with Gasteiger partial charge >= 0.3 is 6.09 Å². The van der Waals surface area contributed by atoms with Crippen LogP contribution in [-0.2, 0) is 9.16 Å². The normalized spacial score (nSPS) is 12.4. The summed E-state index contributed by atoms with van der Waals surface area (Å²) >= 11 is 0. The highest BCUT2D eigenvalue weighted by molar-refractivity contribution is 6.74. The van der Waals surface area contributed by atoms with Crippen LogP contribution < -0.4 is 22.5 Å². The van der Waals surface area contributed by atoms with E-state index in [2.05, 4.69) is 49.0 Å². The number of nitrogens with zero attached hydrogens (tertiary/aromatic N) is 2. The fourth-order valence-corrected chi connectivity index (χ4v) is 6.25. The van der Waals surface area contributed by atoms with Crippen molar-refractivity contribution in [2.75, 3.05) is 78.7 Å². The standard InChI is InChI=1S/C35H78N6O3Si/c1-35(2,3)45(4,5)44-33-17-13-11-9-7-6-8-10-12-16-32-43-34(42)39-25-21-31-41(30-20-24-38)27-15-14-26-40(28-18-22-36)29-19-23-37/h6-33,36-38H2,1-5H3,(H,39,42). The number of unbranched alkanes of at least 4 members (excludes halogenated alkanes) is 10. The van der Waals surface area contributed by atoms with Crippen molar-refractivity contribution < 1.29 is 14.0 Å². The van der Waals surface area contributed by atoms with Crippen LogP contribution in [0, 0.1) is 0 Å². The SMILES string of the molecule is CC(C)(C)[Si](C)(C)OCCCCCCCCCCCCOC(=O)NCCCN(CCCN)CCCCN(CCCN)CCCN. The molecule has 0 bridgehead atoms. The van der Waals surface area contributed by atoms with E-state index < -0.39 is 8.32 Å². The lowest BCUT2D eigenvalue weighted by Crippen LogP contribution is -2.40. The maximum Gasteiger partial charge on any atom is 0.407 e. The van der Waals surface area contributed by atoms with Gasteiger partial charge in [-0.1, -0.05) is 72.1 Å². The Hall–Kier alpha value is -0.753. The van der Waals surface area contributed by atoms with Crippen LogP contribution in [0.4, 0.5) is 4.79 Å². The molecule has 0 spiro atoms. The molecule has 0 saturated heterocycles. The lowest BCUT2D eigenvalue weighted by atomic mass is 10.1. The molecule has 0 aliphatic carbocycles. The van der Waals surface area contributed by atoms with E-state index in [0.717, 1.165) is 104 Å². The van der Waals surface area contributed by atoms with Gasteiger partial charge in [-0.3, -0.25) is 0 Å². The third kappa shape index (κ3) is 27.0. The Morgan fingerprint density at radius 3 is 1.38 bits per heavy atom. The highest BCUT2D eigenvalue weighted by Gasteiger charge is 2.36. The molecule has 0 fully saturated rings. The number of hydrogen-bond acceptors (Lipinski definition) is 8. The van der Waals surface area contributed by atoms with Crippen molar-refractivity contribution >= 4 is 14.4 Å². The summed E-state index contributed by atoms with van der Waals surface area (Å²) < 4.78 is 11.7. The van der Waals surface area contributed by atoms with Gasteiger partial charge in [0.05, 0.1) is 6.61 Å². The molecule has 1 amide bonds. The molecule has 270 valence electrons. The number of amides is 1. The van der Waals surface area contributed by atoms with Crippen LogP contribution in [0.2, 0.25) is 18.1 Å². The van der Waals surface area contributed by atoms with E-state index in [4.69, 9.17) is 26.4 Å². The Balaban J connectivity index is 3.76. The topological polar surface area (TPSA) is 132 Å². The van der Waals surface area contributed by atoms with Crippen LogP contribution >= 0.6 is 0 Å². The van der Waals surface area contributed by atoms with E-state index in [9.17, 15) is 4.79 Å². The van der Waals surface area contributed by atoms with Crippen molar-refractivity contribution in [2.24, 2.45) is 17.2 Å². The van der Waals surface area contributed by atoms with Crippen LogP contribution in [0.25, 0.3) is 0 Å². The van der Waals surface area contributed by atoms with Gasteiger partial charge in [-0.15, -0.1) is 0 Å². The van der Waals surface area contributed by atoms with Crippen LogP contribution in [0.15, 0.2) is 0 Å². The largest absolute Gasteiger partial charge is 0.450 e. The molecule has 0 aromatic rings. The van der Waals surface area contributed by atoms with E-state index in [1.54, 1.807) is 0 Å². The Morgan fingerprint density at radius 1 is 0.578 bits per heavy atom. The van der Waals surface area contributed by atoms with Crippen LogP contribution in [-0.4, -0.2) is 103 Å². The second-order valence-corrected chi connectivity index (χ2v) is 19.2. The Labute approximate surface area is 280 Å². The van der Waals surface area contributed by atoms with Crippen molar-refractivity contribution in [1.82, 2.24) is 15.1 Å². The zero-order valence-electron chi connectivity index (χ0n) is 30.7. The number of nitrogens with two attached hydrogens (primary N) is 3. The third-order valence-corrected chi connectivity index (χ3v) is 13.7. The minimum atomic E-state index is -1.58. The summed E-state index contributed by atoms with van der Waals surface area (Å²) in [6.45, 7) is 22.1. The third-order valence-electron chi connectivity index (χ3n) is 9.20. The van der Waals surface area contributed by atoms with E-state index in [0.29, 0.717) is 24.7 Å². The first kappa shape index (κ1) is 44.2. The minimum absolute atomic E-state index is 0.284. The average Bonchev–Trinajstić information content (AvgIpc) is 3.00. The van der Waals surface area contributed by atoms with Gasteiger partial charge in [-0.05, 0) is 128 Å². The van der Waals surface area contributed by atoms with E-state index in [-0.39, 0.29) is 6.09 Å². The second-order valence-electron chi connectivity index (χ2n) is 14.4. The maximum absolute atomic E-state index is 12.1. The monoisotopic (exact) mass is 659 g/mol. The summed E-state index contributed by atoms with van der Waals surface area (Å²) in [5, 5.41) is 3.23. The van der Waals surface area contributed by atoms with Crippen molar-refractivity contribution in [3.8, 4) is 0 Å². The van der Waals surface area contributed by atoms with Crippen LogP contribution in [0.1, 0.15) is 124 Å². The molecule has 45 heavy (non-hydrogen) atoms. The molecule has 0 saturated carbocycles. The van der Waals surface area contributed by atoms with Gasteiger partial charge in [0.1, 0.15) is 0 Å². The molecule has 0 unspecified atom stereocenters. The highest BCUT2D eigenvalue weighted by Crippen LogP contribution is 2.36. The number of nitrogens with one attached hydrogen (secondary N) is 1. The lowest BCUT2D eigenvalue weighted by molar-refractivity contribution is 0.143. The van der Waals surface area contributed by atoms with Crippen molar-refractivity contribution in [2.45, 2.75) is 142 Å². The molecule has 0 radical (unpaired) electrons. The first-order valence-electron chi connectivity index (χ1n) is 18.7. The number of carbonyl (C=O) groups is 1.